The Morgan fingerprint density at radius 3 is 2.44 bits per heavy atom. The minimum atomic E-state index is 0.131. The van der Waals surface area contributed by atoms with E-state index in [2.05, 4.69) is 52.2 Å². The van der Waals surface area contributed by atoms with Gasteiger partial charge in [-0.15, -0.1) is 10.2 Å². The number of benzene rings is 1. The van der Waals surface area contributed by atoms with E-state index in [1.54, 1.807) is 0 Å². The van der Waals surface area contributed by atoms with Gasteiger partial charge in [0, 0.05) is 23.0 Å². The number of Topliss-reactive ketones (excluding diaryl/α,β-unsaturated/α-hetero) is 1. The predicted octanol–water partition coefficient (Wildman–Crippen LogP) is 4.61. The third-order valence-electron chi connectivity index (χ3n) is 4.72. The first-order chi connectivity index (χ1) is 12.9. The predicted molar refractivity (Wildman–Crippen MR) is 110 cm³/mol. The number of nitrogens with zero attached hydrogens (tertiary/aromatic N) is 4. The van der Waals surface area contributed by atoms with Gasteiger partial charge in [-0.2, -0.15) is 0 Å². The van der Waals surface area contributed by atoms with E-state index in [9.17, 15) is 4.79 Å². The van der Waals surface area contributed by atoms with E-state index >= 15 is 0 Å². The van der Waals surface area contributed by atoms with Crippen molar-refractivity contribution in [2.45, 2.75) is 52.4 Å². The molecule has 142 valence electrons. The molecule has 5 nitrogen and oxygen atoms in total. The highest BCUT2D eigenvalue weighted by atomic mass is 32.2. The number of carbonyl (C=O) groups excluding carboxylic acids is 1. The molecule has 2 heterocycles. The first-order valence-electron chi connectivity index (χ1n) is 9.16. The average Bonchev–Trinajstić information content (AvgIpc) is 3.13. The topological polar surface area (TPSA) is 52.7 Å². The standard InChI is InChI=1S/C21H26N4OS/c1-14(2)25-15(3)11-19(16(25)4)20(26)13-27-21-23-22-17(5)24(21)12-18-9-7-6-8-10-18/h6-11,14H,12-13H2,1-5H3. The highest BCUT2D eigenvalue weighted by Gasteiger charge is 2.19. The first-order valence-corrected chi connectivity index (χ1v) is 10.1. The van der Waals surface area contributed by atoms with Crippen LogP contribution < -0.4 is 0 Å². The zero-order valence-corrected chi connectivity index (χ0v) is 17.4. The lowest BCUT2D eigenvalue weighted by Gasteiger charge is -2.13. The van der Waals surface area contributed by atoms with Gasteiger partial charge in [0.05, 0.1) is 12.3 Å². The molecule has 0 N–H and O–H groups in total. The third-order valence-corrected chi connectivity index (χ3v) is 5.69. The molecular formula is C21H26N4OS. The molecule has 0 saturated heterocycles. The summed E-state index contributed by atoms with van der Waals surface area (Å²) < 4.78 is 4.27. The molecule has 0 saturated carbocycles. The van der Waals surface area contributed by atoms with Gasteiger partial charge in [-0.1, -0.05) is 42.1 Å². The summed E-state index contributed by atoms with van der Waals surface area (Å²) in [6, 6.07) is 12.6. The van der Waals surface area contributed by atoms with Gasteiger partial charge in [0.2, 0.25) is 0 Å². The Balaban J connectivity index is 1.74. The zero-order valence-electron chi connectivity index (χ0n) is 16.6. The summed E-state index contributed by atoms with van der Waals surface area (Å²) in [7, 11) is 0. The van der Waals surface area contributed by atoms with Crippen LogP contribution >= 0.6 is 11.8 Å². The van der Waals surface area contributed by atoms with Crippen LogP contribution in [0.4, 0.5) is 0 Å². The van der Waals surface area contributed by atoms with E-state index in [1.807, 2.05) is 38.1 Å². The Hall–Kier alpha value is -2.34. The van der Waals surface area contributed by atoms with Crippen molar-refractivity contribution in [3.05, 3.63) is 64.7 Å². The molecule has 0 aliphatic carbocycles. The van der Waals surface area contributed by atoms with E-state index in [4.69, 9.17) is 0 Å². The Morgan fingerprint density at radius 2 is 1.81 bits per heavy atom. The van der Waals surface area contributed by atoms with E-state index in [1.165, 1.54) is 17.3 Å². The summed E-state index contributed by atoms with van der Waals surface area (Å²) in [4.78, 5) is 12.8. The van der Waals surface area contributed by atoms with Crippen LogP contribution in [0.25, 0.3) is 0 Å². The molecule has 0 radical (unpaired) electrons. The fourth-order valence-electron chi connectivity index (χ4n) is 3.48. The van der Waals surface area contributed by atoms with Crippen LogP contribution in [0.2, 0.25) is 0 Å². The summed E-state index contributed by atoms with van der Waals surface area (Å²) in [5, 5.41) is 9.25. The van der Waals surface area contributed by atoms with Gasteiger partial charge >= 0.3 is 0 Å². The van der Waals surface area contributed by atoms with Crippen molar-refractivity contribution in [2.75, 3.05) is 5.75 Å². The van der Waals surface area contributed by atoms with Crippen molar-refractivity contribution >= 4 is 17.5 Å². The van der Waals surface area contributed by atoms with Gasteiger partial charge in [-0.25, -0.2) is 0 Å². The molecular weight excluding hydrogens is 356 g/mol. The largest absolute Gasteiger partial charge is 0.346 e. The molecule has 1 aromatic carbocycles. The molecule has 0 unspecified atom stereocenters. The highest BCUT2D eigenvalue weighted by molar-refractivity contribution is 7.99. The molecule has 27 heavy (non-hydrogen) atoms. The van der Waals surface area contributed by atoms with Crippen LogP contribution in [0, 0.1) is 20.8 Å². The van der Waals surface area contributed by atoms with E-state index in [0.717, 1.165) is 27.9 Å². The van der Waals surface area contributed by atoms with Crippen molar-refractivity contribution in [1.82, 2.24) is 19.3 Å². The number of hydrogen-bond donors (Lipinski definition) is 0. The van der Waals surface area contributed by atoms with Crippen LogP contribution in [-0.4, -0.2) is 30.9 Å². The Morgan fingerprint density at radius 1 is 1.11 bits per heavy atom. The Kier molecular flexibility index (Phi) is 5.85. The smallest absolute Gasteiger partial charge is 0.191 e. The van der Waals surface area contributed by atoms with Gasteiger partial charge in [0.1, 0.15) is 5.82 Å². The number of rotatable bonds is 7. The molecule has 6 heteroatoms. The van der Waals surface area contributed by atoms with Crippen molar-refractivity contribution in [1.29, 1.82) is 0 Å². The monoisotopic (exact) mass is 382 g/mol. The SMILES string of the molecule is Cc1nnc(SCC(=O)c2cc(C)n(C(C)C)c2C)n1Cc1ccccc1. The summed E-state index contributed by atoms with van der Waals surface area (Å²) in [6.07, 6.45) is 0. The molecule has 0 aliphatic rings. The maximum atomic E-state index is 12.8. The summed E-state index contributed by atoms with van der Waals surface area (Å²) >= 11 is 1.45. The maximum Gasteiger partial charge on any atom is 0.191 e. The van der Waals surface area contributed by atoms with Crippen molar-refractivity contribution in [3.63, 3.8) is 0 Å². The highest BCUT2D eigenvalue weighted by Crippen LogP contribution is 2.24. The molecule has 3 aromatic rings. The maximum absolute atomic E-state index is 12.8. The molecule has 3 rings (SSSR count). The lowest BCUT2D eigenvalue weighted by molar-refractivity contribution is 0.102. The normalized spacial score (nSPS) is 11.3. The van der Waals surface area contributed by atoms with Crippen LogP contribution in [0.5, 0.6) is 0 Å². The molecule has 0 aliphatic heterocycles. The van der Waals surface area contributed by atoms with Crippen LogP contribution in [0.3, 0.4) is 0 Å². The minimum absolute atomic E-state index is 0.131. The second-order valence-corrected chi connectivity index (χ2v) is 8.00. The Labute approximate surface area is 164 Å². The summed E-state index contributed by atoms with van der Waals surface area (Å²) in [5.41, 5.74) is 4.16. The van der Waals surface area contributed by atoms with E-state index < -0.39 is 0 Å². The van der Waals surface area contributed by atoms with Crippen molar-refractivity contribution < 1.29 is 4.79 Å². The molecule has 0 bridgehead atoms. The Bertz CT molecular complexity index is 941. The number of hydrogen-bond acceptors (Lipinski definition) is 4. The third kappa shape index (κ3) is 4.16. The van der Waals surface area contributed by atoms with Crippen molar-refractivity contribution in [3.8, 4) is 0 Å². The number of thioether (sulfide) groups is 1. The number of aromatic nitrogens is 4. The second kappa shape index (κ2) is 8.13. The number of aryl methyl sites for hydroxylation is 2. The zero-order chi connectivity index (χ0) is 19.6. The van der Waals surface area contributed by atoms with Crippen LogP contribution in [-0.2, 0) is 6.54 Å². The first kappa shape index (κ1) is 19.4. The fourth-order valence-corrected chi connectivity index (χ4v) is 4.34. The second-order valence-electron chi connectivity index (χ2n) is 7.06. The number of carbonyl (C=O) groups is 1. The fraction of sp³-hybridized carbons (Fsp3) is 0.381. The van der Waals surface area contributed by atoms with Gasteiger partial charge in [0.25, 0.3) is 0 Å². The van der Waals surface area contributed by atoms with Gasteiger partial charge < -0.3 is 9.13 Å². The lowest BCUT2D eigenvalue weighted by Crippen LogP contribution is -2.09. The lowest BCUT2D eigenvalue weighted by atomic mass is 10.2. The number of ketones is 1. The summed E-state index contributed by atoms with van der Waals surface area (Å²) in [6.45, 7) is 11.0. The van der Waals surface area contributed by atoms with Gasteiger partial charge in [-0.05, 0) is 46.2 Å². The van der Waals surface area contributed by atoms with Crippen molar-refractivity contribution in [2.24, 2.45) is 0 Å². The van der Waals surface area contributed by atoms with Gasteiger partial charge in [-0.3, -0.25) is 4.79 Å². The van der Waals surface area contributed by atoms with E-state index in [0.29, 0.717) is 18.3 Å². The van der Waals surface area contributed by atoms with Gasteiger partial charge in [0.15, 0.2) is 10.9 Å². The van der Waals surface area contributed by atoms with Crippen LogP contribution in [0.15, 0.2) is 41.6 Å². The molecule has 0 atom stereocenters. The average molecular weight is 383 g/mol. The van der Waals surface area contributed by atoms with E-state index in [-0.39, 0.29) is 5.78 Å². The minimum Gasteiger partial charge on any atom is -0.346 e. The molecule has 2 aromatic heterocycles. The van der Waals surface area contributed by atoms with Crippen LogP contribution in [0.1, 0.15) is 53.0 Å². The molecule has 0 amide bonds. The summed E-state index contributed by atoms with van der Waals surface area (Å²) in [5.74, 6) is 1.34. The molecule has 0 fully saturated rings. The quantitative estimate of drug-likeness (QED) is 0.442. The molecule has 0 spiro atoms.